The standard InChI is InChI=1S/C30H42B3N9O6/c1-19(2)13-25(40-28(43)22-16-34-7-10-37-22)31-46-32(26(14-20(3)4)41-29(44)23-17-35-8-11-38-23)48-33(47-31)27(15-21(5)6)42-30(45)24-18-36-9-12-39-24/h7-12,16-21,25-27H,13-15H2,1-6H3,(H,40,43)(H,41,44)(H,42,45)/t25-,26-,27-/m0/s1. The molecule has 4 heterocycles. The van der Waals surface area contributed by atoms with Gasteiger partial charge < -0.3 is 29.7 Å². The van der Waals surface area contributed by atoms with Crippen molar-refractivity contribution in [2.24, 2.45) is 17.8 Å². The van der Waals surface area contributed by atoms with Crippen LogP contribution in [0.5, 0.6) is 0 Å². The minimum Gasteiger partial charge on any atom is -0.450 e. The van der Waals surface area contributed by atoms with Crippen molar-refractivity contribution in [3.63, 3.8) is 0 Å². The molecular formula is C30H42B3N9O6. The van der Waals surface area contributed by atoms with E-state index in [1.807, 2.05) is 41.5 Å². The summed E-state index contributed by atoms with van der Waals surface area (Å²) in [4.78, 5) is 64.4. The molecule has 1 aliphatic rings. The van der Waals surface area contributed by atoms with Crippen molar-refractivity contribution in [1.29, 1.82) is 0 Å². The number of amides is 3. The van der Waals surface area contributed by atoms with E-state index in [0.29, 0.717) is 19.3 Å². The van der Waals surface area contributed by atoms with E-state index in [1.54, 1.807) is 0 Å². The van der Waals surface area contributed by atoms with Crippen LogP contribution in [0.4, 0.5) is 0 Å². The molecule has 0 aromatic carbocycles. The molecule has 0 aliphatic carbocycles. The van der Waals surface area contributed by atoms with Gasteiger partial charge in [0.25, 0.3) is 17.7 Å². The lowest BCUT2D eigenvalue weighted by molar-refractivity contribution is 0.0930. The van der Waals surface area contributed by atoms with Crippen molar-refractivity contribution in [3.8, 4) is 0 Å². The molecule has 0 spiro atoms. The van der Waals surface area contributed by atoms with E-state index < -0.39 is 56.9 Å². The molecule has 3 aromatic rings. The molecule has 1 aliphatic heterocycles. The van der Waals surface area contributed by atoms with Crippen molar-refractivity contribution >= 4 is 39.1 Å². The third-order valence-electron chi connectivity index (χ3n) is 7.30. The average Bonchev–Trinajstić information content (AvgIpc) is 3.07. The first-order valence-electron chi connectivity index (χ1n) is 16.2. The van der Waals surface area contributed by atoms with E-state index in [0.717, 1.165) is 0 Å². The summed E-state index contributed by atoms with van der Waals surface area (Å²) in [6, 6.07) is 0. The largest absolute Gasteiger partial charge is 0.453 e. The minimum atomic E-state index is -1.04. The predicted octanol–water partition coefficient (Wildman–Crippen LogP) is 2.04. The Hall–Kier alpha value is -4.28. The monoisotopic (exact) mass is 657 g/mol. The van der Waals surface area contributed by atoms with E-state index in [-0.39, 0.29) is 34.8 Å². The smallest absolute Gasteiger partial charge is 0.450 e. The molecule has 252 valence electrons. The fourth-order valence-corrected chi connectivity index (χ4v) is 5.28. The van der Waals surface area contributed by atoms with Crippen molar-refractivity contribution < 1.29 is 28.1 Å². The van der Waals surface area contributed by atoms with Crippen molar-refractivity contribution in [1.82, 2.24) is 45.9 Å². The lowest BCUT2D eigenvalue weighted by Gasteiger charge is -2.40. The maximum atomic E-state index is 13.3. The molecule has 0 radical (unpaired) electrons. The quantitative estimate of drug-likeness (QED) is 0.202. The Morgan fingerprint density at radius 1 is 0.521 bits per heavy atom. The van der Waals surface area contributed by atoms with E-state index in [2.05, 4.69) is 45.9 Å². The lowest BCUT2D eigenvalue weighted by Crippen LogP contribution is -2.67. The summed E-state index contributed by atoms with van der Waals surface area (Å²) >= 11 is 0. The molecule has 1 saturated heterocycles. The molecule has 0 saturated carbocycles. The zero-order valence-electron chi connectivity index (χ0n) is 28.1. The third kappa shape index (κ3) is 10.9. The number of carbonyl (C=O) groups excluding carboxylic acids is 3. The fraction of sp³-hybridized carbons (Fsp3) is 0.500. The van der Waals surface area contributed by atoms with E-state index in [9.17, 15) is 14.4 Å². The van der Waals surface area contributed by atoms with Gasteiger partial charge in [0.2, 0.25) is 0 Å². The molecule has 3 N–H and O–H groups in total. The number of nitrogens with one attached hydrogen (secondary N) is 3. The average molecular weight is 657 g/mol. The van der Waals surface area contributed by atoms with Crippen LogP contribution in [0.25, 0.3) is 0 Å². The summed E-state index contributed by atoms with van der Waals surface area (Å²) in [5.41, 5.74) is 0.401. The predicted molar refractivity (Wildman–Crippen MR) is 179 cm³/mol. The highest BCUT2D eigenvalue weighted by Crippen LogP contribution is 2.24. The Morgan fingerprint density at radius 3 is 1.00 bits per heavy atom. The van der Waals surface area contributed by atoms with Crippen LogP contribution in [-0.2, 0) is 13.7 Å². The molecule has 4 rings (SSSR count). The Labute approximate surface area is 282 Å². The zero-order valence-corrected chi connectivity index (χ0v) is 28.1. The Balaban J connectivity index is 1.69. The zero-order chi connectivity index (χ0) is 34.6. The van der Waals surface area contributed by atoms with Crippen LogP contribution in [0, 0.1) is 17.8 Å². The second-order valence-electron chi connectivity index (χ2n) is 12.9. The van der Waals surface area contributed by atoms with Crippen LogP contribution in [-0.4, -0.2) is 86.8 Å². The summed E-state index contributed by atoms with van der Waals surface area (Å²) in [7, 11) is -3.12. The van der Waals surface area contributed by atoms with Crippen LogP contribution >= 0.6 is 0 Å². The number of nitrogens with zero attached hydrogens (tertiary/aromatic N) is 6. The second-order valence-corrected chi connectivity index (χ2v) is 12.9. The van der Waals surface area contributed by atoms with Crippen LogP contribution < -0.4 is 16.0 Å². The number of carbonyl (C=O) groups is 3. The first-order valence-corrected chi connectivity index (χ1v) is 16.2. The van der Waals surface area contributed by atoms with Gasteiger partial charge in [-0.05, 0) is 37.0 Å². The summed E-state index contributed by atoms with van der Waals surface area (Å²) in [5, 5.41) is 9.03. The van der Waals surface area contributed by atoms with Crippen LogP contribution in [0.2, 0.25) is 0 Å². The third-order valence-corrected chi connectivity index (χ3v) is 7.30. The first kappa shape index (κ1) is 36.6. The van der Waals surface area contributed by atoms with Crippen LogP contribution in [0.1, 0.15) is 92.3 Å². The van der Waals surface area contributed by atoms with E-state index >= 15 is 0 Å². The molecule has 3 aromatic heterocycles. The lowest BCUT2D eigenvalue weighted by atomic mass is 9.58. The van der Waals surface area contributed by atoms with Crippen LogP contribution in [0.3, 0.4) is 0 Å². The summed E-state index contributed by atoms with van der Waals surface area (Å²) in [6.45, 7) is 12.1. The van der Waals surface area contributed by atoms with Crippen molar-refractivity contribution in [2.75, 3.05) is 0 Å². The van der Waals surface area contributed by atoms with Crippen molar-refractivity contribution in [2.45, 2.75) is 78.6 Å². The normalized spacial score (nSPS) is 15.3. The van der Waals surface area contributed by atoms with Gasteiger partial charge in [-0.2, -0.15) is 0 Å². The summed E-state index contributed by atoms with van der Waals surface area (Å²) < 4.78 is 19.4. The molecule has 0 unspecified atom stereocenters. The van der Waals surface area contributed by atoms with Gasteiger partial charge in [-0.3, -0.25) is 29.3 Å². The summed E-state index contributed by atoms with van der Waals surface area (Å²) in [6.07, 6.45) is 14.3. The maximum absolute atomic E-state index is 13.3. The summed E-state index contributed by atoms with van der Waals surface area (Å²) in [5.74, 6) is -3.00. The van der Waals surface area contributed by atoms with Gasteiger partial charge in [0.1, 0.15) is 17.1 Å². The fourth-order valence-electron chi connectivity index (χ4n) is 5.28. The van der Waals surface area contributed by atoms with E-state index in [4.69, 9.17) is 13.7 Å². The van der Waals surface area contributed by atoms with Gasteiger partial charge in [0.05, 0.1) is 36.4 Å². The van der Waals surface area contributed by atoms with E-state index in [1.165, 1.54) is 55.8 Å². The topological polar surface area (TPSA) is 192 Å². The van der Waals surface area contributed by atoms with Gasteiger partial charge in [-0.15, -0.1) is 0 Å². The first-order chi connectivity index (χ1) is 23.0. The highest BCUT2D eigenvalue weighted by atomic mass is 16.7. The highest BCUT2D eigenvalue weighted by Gasteiger charge is 2.51. The number of hydrogen-bond donors (Lipinski definition) is 3. The molecular weight excluding hydrogens is 615 g/mol. The maximum Gasteiger partial charge on any atom is 0.453 e. The minimum absolute atomic E-state index is 0.120. The number of rotatable bonds is 15. The Bertz CT molecular complexity index is 1280. The molecule has 15 nitrogen and oxygen atoms in total. The number of hydrogen-bond acceptors (Lipinski definition) is 12. The van der Waals surface area contributed by atoms with Crippen molar-refractivity contribution in [3.05, 3.63) is 72.9 Å². The van der Waals surface area contributed by atoms with Gasteiger partial charge in [0, 0.05) is 37.2 Å². The Morgan fingerprint density at radius 2 is 0.792 bits per heavy atom. The van der Waals surface area contributed by atoms with Gasteiger partial charge >= 0.3 is 21.4 Å². The second kappa shape index (κ2) is 17.8. The van der Waals surface area contributed by atoms with Gasteiger partial charge in [-0.25, -0.2) is 15.0 Å². The van der Waals surface area contributed by atoms with Gasteiger partial charge in [0.15, 0.2) is 0 Å². The molecule has 3 amide bonds. The van der Waals surface area contributed by atoms with Gasteiger partial charge in [-0.1, -0.05) is 41.5 Å². The Kier molecular flexibility index (Phi) is 13.5. The molecule has 0 bridgehead atoms. The number of aromatic nitrogens is 6. The van der Waals surface area contributed by atoms with Crippen LogP contribution in [0.15, 0.2) is 55.8 Å². The highest BCUT2D eigenvalue weighted by molar-refractivity contribution is 6.75. The molecule has 18 heteroatoms. The SMILES string of the molecule is CC(C)C[C@H](NC(=O)c1cnccn1)B1OB([C@H](CC(C)C)NC(=O)c2cnccn2)OB([C@H](CC(C)C)NC(=O)c2cnccn2)O1. The molecule has 3 atom stereocenters. The molecule has 1 fully saturated rings. The molecule has 48 heavy (non-hydrogen) atoms.